The highest BCUT2D eigenvalue weighted by atomic mass is 35.5. The van der Waals surface area contributed by atoms with Crippen molar-refractivity contribution >= 4 is 27.3 Å². The molecule has 1 amide bonds. The molecule has 0 spiro atoms. The third-order valence-corrected chi connectivity index (χ3v) is 6.55. The van der Waals surface area contributed by atoms with Gasteiger partial charge >= 0.3 is 0 Å². The highest BCUT2D eigenvalue weighted by molar-refractivity contribution is 7.91. The van der Waals surface area contributed by atoms with Crippen molar-refractivity contribution in [2.45, 2.75) is 23.1 Å². The highest BCUT2D eigenvalue weighted by Gasteiger charge is 2.26. The van der Waals surface area contributed by atoms with E-state index in [1.807, 2.05) is 0 Å². The molecule has 0 saturated heterocycles. The molecule has 2 heterocycles. The topological polar surface area (TPSA) is 80.7 Å². The molecule has 32 heavy (non-hydrogen) atoms. The molecule has 0 N–H and O–H groups in total. The molecule has 0 fully saturated rings. The number of hydrogen-bond donors (Lipinski definition) is 0. The molecular formula is C23H17ClFNO5S. The number of halogens is 2. The summed E-state index contributed by atoms with van der Waals surface area (Å²) in [7, 11) is -3.97. The first kappa shape index (κ1) is 21.9. The molecule has 2 aromatic carbocycles. The van der Waals surface area contributed by atoms with Crippen LogP contribution in [0, 0.1) is 5.82 Å². The summed E-state index contributed by atoms with van der Waals surface area (Å²) in [5, 5.41) is 0.0251. The van der Waals surface area contributed by atoms with Gasteiger partial charge < -0.3 is 13.7 Å². The second-order valence-electron chi connectivity index (χ2n) is 6.95. The van der Waals surface area contributed by atoms with Gasteiger partial charge in [0, 0.05) is 11.6 Å². The fourth-order valence-electron chi connectivity index (χ4n) is 3.11. The smallest absolute Gasteiger partial charge is 0.290 e. The summed E-state index contributed by atoms with van der Waals surface area (Å²) in [6.07, 6.45) is 1.48. The van der Waals surface area contributed by atoms with Crippen molar-refractivity contribution in [1.82, 2.24) is 4.90 Å². The number of rotatable bonds is 7. The van der Waals surface area contributed by atoms with E-state index >= 15 is 0 Å². The van der Waals surface area contributed by atoms with Gasteiger partial charge in [0.2, 0.25) is 14.9 Å². The summed E-state index contributed by atoms with van der Waals surface area (Å²) in [6, 6.07) is 17.4. The predicted molar refractivity (Wildman–Crippen MR) is 114 cm³/mol. The first-order chi connectivity index (χ1) is 15.3. The Bertz CT molecular complexity index is 1330. The maximum atomic E-state index is 13.6. The SMILES string of the molecule is O=C(c1ccc(S(=O)(=O)c2ccc(Cl)cc2)o1)N(Cc1cccc(F)c1)Cc1ccco1. The van der Waals surface area contributed by atoms with Crippen molar-refractivity contribution in [3.05, 3.63) is 107 Å². The Labute approximate surface area is 188 Å². The molecule has 6 nitrogen and oxygen atoms in total. The Balaban J connectivity index is 1.62. The van der Waals surface area contributed by atoms with Crippen LogP contribution in [0.25, 0.3) is 0 Å². The summed E-state index contributed by atoms with van der Waals surface area (Å²) in [6.45, 7) is 0.152. The second-order valence-corrected chi connectivity index (χ2v) is 9.26. The van der Waals surface area contributed by atoms with Crippen molar-refractivity contribution in [3.8, 4) is 0 Å². The maximum Gasteiger partial charge on any atom is 0.290 e. The molecule has 0 unspecified atom stereocenters. The maximum absolute atomic E-state index is 13.6. The molecule has 0 radical (unpaired) electrons. The van der Waals surface area contributed by atoms with Gasteiger partial charge in [-0.15, -0.1) is 0 Å². The number of nitrogens with zero attached hydrogens (tertiary/aromatic N) is 1. The standard InChI is InChI=1S/C23H17ClFNO5S/c24-17-6-8-20(9-7-17)32(28,29)22-11-10-21(31-22)23(27)26(15-19-5-2-12-30-19)14-16-3-1-4-18(25)13-16/h1-13H,14-15H2. The quantitative estimate of drug-likeness (QED) is 0.362. The van der Waals surface area contributed by atoms with E-state index in [4.69, 9.17) is 20.4 Å². The number of amides is 1. The fourth-order valence-corrected chi connectivity index (χ4v) is 4.41. The number of carbonyl (C=O) groups is 1. The van der Waals surface area contributed by atoms with Gasteiger partial charge in [0.15, 0.2) is 5.76 Å². The minimum Gasteiger partial charge on any atom is -0.467 e. The molecular weight excluding hydrogens is 457 g/mol. The Morgan fingerprint density at radius 3 is 2.44 bits per heavy atom. The van der Waals surface area contributed by atoms with E-state index in [0.29, 0.717) is 16.3 Å². The summed E-state index contributed by atoms with van der Waals surface area (Å²) in [4.78, 5) is 14.5. The molecule has 4 aromatic rings. The number of benzene rings is 2. The van der Waals surface area contributed by atoms with Gasteiger partial charge in [0.1, 0.15) is 11.6 Å². The zero-order valence-electron chi connectivity index (χ0n) is 16.6. The van der Waals surface area contributed by atoms with Crippen molar-refractivity contribution in [3.63, 3.8) is 0 Å². The molecule has 9 heteroatoms. The van der Waals surface area contributed by atoms with Crippen LogP contribution in [0.4, 0.5) is 4.39 Å². The van der Waals surface area contributed by atoms with Gasteiger partial charge in [-0.3, -0.25) is 4.79 Å². The van der Waals surface area contributed by atoms with Gasteiger partial charge in [-0.05, 0) is 66.2 Å². The van der Waals surface area contributed by atoms with Gasteiger partial charge in [-0.1, -0.05) is 23.7 Å². The zero-order chi connectivity index (χ0) is 22.7. The molecule has 0 atom stereocenters. The summed E-state index contributed by atoms with van der Waals surface area (Å²) in [5.74, 6) is -0.652. The molecule has 2 aromatic heterocycles. The Hall–Kier alpha value is -3.36. The monoisotopic (exact) mass is 473 g/mol. The molecule has 0 bridgehead atoms. The van der Waals surface area contributed by atoms with Crippen LogP contribution in [-0.2, 0) is 22.9 Å². The van der Waals surface area contributed by atoms with Crippen LogP contribution in [0.1, 0.15) is 21.9 Å². The van der Waals surface area contributed by atoms with Crippen LogP contribution in [0.15, 0.2) is 97.9 Å². The van der Waals surface area contributed by atoms with Crippen LogP contribution in [0.3, 0.4) is 0 Å². The number of hydrogen-bond acceptors (Lipinski definition) is 5. The normalized spacial score (nSPS) is 11.4. The fraction of sp³-hybridized carbons (Fsp3) is 0.0870. The Morgan fingerprint density at radius 2 is 1.75 bits per heavy atom. The van der Waals surface area contributed by atoms with Gasteiger partial charge in [0.25, 0.3) is 5.91 Å². The van der Waals surface area contributed by atoms with Crippen LogP contribution in [-0.4, -0.2) is 19.2 Å². The van der Waals surface area contributed by atoms with Crippen LogP contribution >= 0.6 is 11.6 Å². The number of furan rings is 2. The van der Waals surface area contributed by atoms with E-state index in [2.05, 4.69) is 0 Å². The van der Waals surface area contributed by atoms with Crippen LogP contribution < -0.4 is 0 Å². The van der Waals surface area contributed by atoms with Crippen LogP contribution in [0.2, 0.25) is 5.02 Å². The van der Waals surface area contributed by atoms with Gasteiger partial charge in [-0.2, -0.15) is 0 Å². The highest BCUT2D eigenvalue weighted by Crippen LogP contribution is 2.25. The third-order valence-electron chi connectivity index (χ3n) is 4.66. The van der Waals surface area contributed by atoms with Crippen molar-refractivity contribution < 1.29 is 26.4 Å². The zero-order valence-corrected chi connectivity index (χ0v) is 18.1. The van der Waals surface area contributed by atoms with Gasteiger partial charge in [0.05, 0.1) is 17.7 Å². The van der Waals surface area contributed by atoms with Gasteiger partial charge in [-0.25, -0.2) is 12.8 Å². The third kappa shape index (κ3) is 4.76. The van der Waals surface area contributed by atoms with E-state index in [1.165, 1.54) is 59.7 Å². The Kier molecular flexibility index (Phi) is 6.16. The van der Waals surface area contributed by atoms with E-state index < -0.39 is 21.6 Å². The average Bonchev–Trinajstić information content (AvgIpc) is 3.46. The van der Waals surface area contributed by atoms with E-state index in [0.717, 1.165) is 0 Å². The van der Waals surface area contributed by atoms with E-state index in [-0.39, 0.29) is 28.8 Å². The first-order valence-corrected chi connectivity index (χ1v) is 11.4. The first-order valence-electron chi connectivity index (χ1n) is 9.49. The molecule has 4 rings (SSSR count). The summed E-state index contributed by atoms with van der Waals surface area (Å²) >= 11 is 5.82. The predicted octanol–water partition coefficient (Wildman–Crippen LogP) is 5.34. The van der Waals surface area contributed by atoms with Crippen molar-refractivity contribution in [2.24, 2.45) is 0 Å². The van der Waals surface area contributed by atoms with Crippen molar-refractivity contribution in [2.75, 3.05) is 0 Å². The largest absolute Gasteiger partial charge is 0.467 e. The number of carbonyl (C=O) groups excluding carboxylic acids is 1. The molecule has 0 aliphatic rings. The lowest BCUT2D eigenvalue weighted by Gasteiger charge is -2.20. The van der Waals surface area contributed by atoms with Crippen molar-refractivity contribution in [1.29, 1.82) is 0 Å². The molecule has 0 saturated carbocycles. The lowest BCUT2D eigenvalue weighted by Crippen LogP contribution is -2.29. The summed E-state index contributed by atoms with van der Waals surface area (Å²) in [5.41, 5.74) is 0.561. The lowest BCUT2D eigenvalue weighted by molar-refractivity contribution is 0.0679. The molecule has 0 aliphatic carbocycles. The molecule has 164 valence electrons. The Morgan fingerprint density at radius 1 is 0.969 bits per heavy atom. The van der Waals surface area contributed by atoms with E-state index in [9.17, 15) is 17.6 Å². The number of sulfone groups is 1. The van der Waals surface area contributed by atoms with E-state index in [1.54, 1.807) is 24.3 Å². The minimum atomic E-state index is -3.97. The van der Waals surface area contributed by atoms with Crippen LogP contribution in [0.5, 0.6) is 0 Å². The minimum absolute atomic E-state index is 0.0116. The second kappa shape index (κ2) is 9.02. The molecule has 0 aliphatic heterocycles. The average molecular weight is 474 g/mol. The lowest BCUT2D eigenvalue weighted by atomic mass is 10.2. The summed E-state index contributed by atoms with van der Waals surface area (Å²) < 4.78 is 50.0.